The van der Waals surface area contributed by atoms with E-state index in [4.69, 9.17) is 5.73 Å². The van der Waals surface area contributed by atoms with Crippen LogP contribution in [-0.4, -0.2) is 4.92 Å². The van der Waals surface area contributed by atoms with Crippen molar-refractivity contribution >= 4 is 5.69 Å². The molecular formula is C14H20N2O2. The number of non-ortho nitro benzene ring substituents is 1. The Morgan fingerprint density at radius 2 is 2.00 bits per heavy atom. The molecule has 1 fully saturated rings. The van der Waals surface area contributed by atoms with Crippen LogP contribution in [0.3, 0.4) is 0 Å². The molecule has 1 unspecified atom stereocenters. The summed E-state index contributed by atoms with van der Waals surface area (Å²) in [5, 5.41) is 10.8. The van der Waals surface area contributed by atoms with Crippen molar-refractivity contribution in [1.29, 1.82) is 0 Å². The van der Waals surface area contributed by atoms with Gasteiger partial charge in [-0.15, -0.1) is 0 Å². The highest BCUT2D eigenvalue weighted by molar-refractivity contribution is 5.41. The fourth-order valence-electron chi connectivity index (χ4n) is 2.85. The summed E-state index contributed by atoms with van der Waals surface area (Å²) in [5.74, 6) is 0.472. The van der Waals surface area contributed by atoms with Crippen LogP contribution in [0.4, 0.5) is 5.69 Å². The lowest BCUT2D eigenvalue weighted by molar-refractivity contribution is -0.385. The molecule has 18 heavy (non-hydrogen) atoms. The lowest BCUT2D eigenvalue weighted by atomic mass is 9.80. The van der Waals surface area contributed by atoms with Gasteiger partial charge in [0.1, 0.15) is 0 Å². The maximum Gasteiger partial charge on any atom is 0.269 e. The average molecular weight is 248 g/mol. The SMILES string of the molecule is Cc1ccc([N+](=O)[O-])cc1C(N)C1CCCCC1. The Kier molecular flexibility index (Phi) is 3.97. The Balaban J connectivity index is 2.25. The monoisotopic (exact) mass is 248 g/mol. The Morgan fingerprint density at radius 1 is 1.33 bits per heavy atom. The van der Waals surface area contributed by atoms with Crippen molar-refractivity contribution in [2.75, 3.05) is 0 Å². The molecular weight excluding hydrogens is 228 g/mol. The van der Waals surface area contributed by atoms with E-state index in [9.17, 15) is 10.1 Å². The van der Waals surface area contributed by atoms with Gasteiger partial charge in [-0.1, -0.05) is 25.3 Å². The molecule has 1 saturated carbocycles. The summed E-state index contributed by atoms with van der Waals surface area (Å²) in [7, 11) is 0. The van der Waals surface area contributed by atoms with Crippen LogP contribution < -0.4 is 5.73 Å². The Hall–Kier alpha value is -1.42. The highest BCUT2D eigenvalue weighted by atomic mass is 16.6. The molecule has 98 valence electrons. The number of benzene rings is 1. The molecule has 0 saturated heterocycles. The predicted octanol–water partition coefficient (Wildman–Crippen LogP) is 3.48. The third kappa shape index (κ3) is 2.70. The molecule has 2 rings (SSSR count). The van der Waals surface area contributed by atoms with E-state index in [0.29, 0.717) is 5.92 Å². The van der Waals surface area contributed by atoms with Gasteiger partial charge in [-0.25, -0.2) is 0 Å². The van der Waals surface area contributed by atoms with Gasteiger partial charge in [0.15, 0.2) is 0 Å². The fourth-order valence-corrected chi connectivity index (χ4v) is 2.85. The second-order valence-electron chi connectivity index (χ2n) is 5.22. The standard InChI is InChI=1S/C14H20N2O2/c1-10-7-8-12(16(17)18)9-13(10)14(15)11-5-3-2-4-6-11/h7-9,11,14H,2-6,15H2,1H3. The van der Waals surface area contributed by atoms with Gasteiger partial charge in [0.25, 0.3) is 5.69 Å². The maximum atomic E-state index is 10.8. The molecule has 0 radical (unpaired) electrons. The minimum absolute atomic E-state index is 0.0646. The first-order valence-electron chi connectivity index (χ1n) is 6.60. The number of nitrogens with zero attached hydrogens (tertiary/aromatic N) is 1. The van der Waals surface area contributed by atoms with Crippen LogP contribution in [0.2, 0.25) is 0 Å². The molecule has 1 aliphatic rings. The minimum atomic E-state index is -0.351. The minimum Gasteiger partial charge on any atom is -0.324 e. The molecule has 4 nitrogen and oxygen atoms in total. The van der Waals surface area contributed by atoms with Gasteiger partial charge >= 0.3 is 0 Å². The number of nitrogens with two attached hydrogens (primary N) is 1. The lowest BCUT2D eigenvalue weighted by Crippen LogP contribution is -2.24. The van der Waals surface area contributed by atoms with Gasteiger partial charge in [0.05, 0.1) is 4.92 Å². The fraction of sp³-hybridized carbons (Fsp3) is 0.571. The number of nitro groups is 1. The van der Waals surface area contributed by atoms with Crippen LogP contribution in [0.25, 0.3) is 0 Å². The van der Waals surface area contributed by atoms with E-state index >= 15 is 0 Å². The van der Waals surface area contributed by atoms with E-state index in [1.54, 1.807) is 18.2 Å². The number of hydrogen-bond donors (Lipinski definition) is 1. The van der Waals surface area contributed by atoms with Crippen molar-refractivity contribution in [3.63, 3.8) is 0 Å². The number of hydrogen-bond acceptors (Lipinski definition) is 3. The molecule has 2 N–H and O–H groups in total. The van der Waals surface area contributed by atoms with Crippen molar-refractivity contribution < 1.29 is 4.92 Å². The summed E-state index contributed by atoms with van der Waals surface area (Å²) in [6, 6.07) is 4.93. The largest absolute Gasteiger partial charge is 0.324 e. The van der Waals surface area contributed by atoms with E-state index in [-0.39, 0.29) is 16.7 Å². The molecule has 4 heteroatoms. The molecule has 1 aromatic carbocycles. The van der Waals surface area contributed by atoms with Crippen LogP contribution in [0.5, 0.6) is 0 Å². The van der Waals surface area contributed by atoms with Gasteiger partial charge in [-0.2, -0.15) is 0 Å². The maximum absolute atomic E-state index is 10.8. The van der Waals surface area contributed by atoms with Crippen molar-refractivity contribution in [3.05, 3.63) is 39.4 Å². The zero-order chi connectivity index (χ0) is 13.1. The summed E-state index contributed by atoms with van der Waals surface area (Å²) >= 11 is 0. The van der Waals surface area contributed by atoms with Crippen LogP contribution in [0.1, 0.15) is 49.3 Å². The smallest absolute Gasteiger partial charge is 0.269 e. The first kappa shape index (κ1) is 13.0. The Morgan fingerprint density at radius 3 is 2.61 bits per heavy atom. The van der Waals surface area contributed by atoms with Crippen LogP contribution in [0.15, 0.2) is 18.2 Å². The zero-order valence-electron chi connectivity index (χ0n) is 10.8. The topological polar surface area (TPSA) is 69.2 Å². The van der Waals surface area contributed by atoms with Crippen molar-refractivity contribution in [1.82, 2.24) is 0 Å². The molecule has 1 aliphatic carbocycles. The first-order valence-corrected chi connectivity index (χ1v) is 6.60. The van der Waals surface area contributed by atoms with E-state index in [1.165, 1.54) is 19.3 Å². The van der Waals surface area contributed by atoms with Gasteiger partial charge in [0.2, 0.25) is 0 Å². The normalized spacial score (nSPS) is 18.6. The molecule has 0 amide bonds. The molecule has 0 bridgehead atoms. The molecule has 0 heterocycles. The highest BCUT2D eigenvalue weighted by Crippen LogP contribution is 2.35. The summed E-state index contributed by atoms with van der Waals surface area (Å²) in [6.07, 6.45) is 6.03. The first-order chi connectivity index (χ1) is 8.59. The van der Waals surface area contributed by atoms with Crippen LogP contribution in [0, 0.1) is 23.0 Å². The molecule has 1 aromatic rings. The summed E-state index contributed by atoms with van der Waals surface area (Å²) in [6.45, 7) is 1.97. The summed E-state index contributed by atoms with van der Waals surface area (Å²) < 4.78 is 0. The van der Waals surface area contributed by atoms with E-state index in [1.807, 2.05) is 6.92 Å². The van der Waals surface area contributed by atoms with E-state index in [0.717, 1.165) is 24.0 Å². The van der Waals surface area contributed by atoms with Crippen molar-refractivity contribution in [2.24, 2.45) is 11.7 Å². The average Bonchev–Trinajstić information content (AvgIpc) is 2.39. The Labute approximate surface area is 107 Å². The molecule has 0 spiro atoms. The predicted molar refractivity (Wildman–Crippen MR) is 71.3 cm³/mol. The van der Waals surface area contributed by atoms with Gasteiger partial charge in [-0.3, -0.25) is 10.1 Å². The van der Waals surface area contributed by atoms with Crippen molar-refractivity contribution in [2.45, 2.75) is 45.1 Å². The lowest BCUT2D eigenvalue weighted by Gasteiger charge is -2.28. The van der Waals surface area contributed by atoms with Crippen LogP contribution >= 0.6 is 0 Å². The van der Waals surface area contributed by atoms with Gasteiger partial charge < -0.3 is 5.73 Å². The number of nitro benzene ring substituents is 1. The Bertz CT molecular complexity index is 439. The van der Waals surface area contributed by atoms with Crippen LogP contribution in [-0.2, 0) is 0 Å². The second-order valence-corrected chi connectivity index (χ2v) is 5.22. The third-order valence-electron chi connectivity index (χ3n) is 3.99. The van der Waals surface area contributed by atoms with Gasteiger partial charge in [-0.05, 0) is 36.8 Å². The second kappa shape index (κ2) is 5.48. The third-order valence-corrected chi connectivity index (χ3v) is 3.99. The molecule has 0 aromatic heterocycles. The molecule has 1 atom stereocenters. The zero-order valence-corrected chi connectivity index (χ0v) is 10.8. The van der Waals surface area contributed by atoms with Crippen molar-refractivity contribution in [3.8, 4) is 0 Å². The number of rotatable bonds is 3. The summed E-state index contributed by atoms with van der Waals surface area (Å²) in [4.78, 5) is 10.5. The summed E-state index contributed by atoms with van der Waals surface area (Å²) in [5.41, 5.74) is 8.45. The van der Waals surface area contributed by atoms with Gasteiger partial charge in [0, 0.05) is 18.2 Å². The number of aryl methyl sites for hydroxylation is 1. The van der Waals surface area contributed by atoms with E-state index < -0.39 is 0 Å². The molecule has 0 aliphatic heterocycles. The highest BCUT2D eigenvalue weighted by Gasteiger charge is 2.24. The van der Waals surface area contributed by atoms with E-state index in [2.05, 4.69) is 0 Å². The quantitative estimate of drug-likeness (QED) is 0.657.